The number of rotatable bonds is 11. The Kier molecular flexibility index (Phi) is 11.2. The molecular weight excluding hydrogens is 617 g/mol. The number of sulfonamides is 1. The SMILES string of the molecule is C[C@@H]1CNC[C@H](CCCc2c(F)cncc2NC(=O)[C@@H](N)[C@@H](c2ccc(Cl)cc2)C2CCOCC2)N1S(=O)(=O)c1ccccc1. The van der Waals surface area contributed by atoms with Crippen LogP contribution in [0, 0.1) is 11.7 Å². The lowest BCUT2D eigenvalue weighted by Gasteiger charge is -2.40. The van der Waals surface area contributed by atoms with Crippen molar-refractivity contribution in [3.63, 3.8) is 0 Å². The molecule has 0 bridgehead atoms. The van der Waals surface area contributed by atoms with Crippen molar-refractivity contribution in [3.8, 4) is 0 Å². The molecule has 12 heteroatoms. The Morgan fingerprint density at radius 2 is 1.84 bits per heavy atom. The van der Waals surface area contributed by atoms with Crippen molar-refractivity contribution in [1.29, 1.82) is 0 Å². The minimum atomic E-state index is -3.72. The molecule has 1 amide bonds. The number of nitrogens with one attached hydrogen (secondary N) is 2. The summed E-state index contributed by atoms with van der Waals surface area (Å²) in [4.78, 5) is 17.9. The van der Waals surface area contributed by atoms with Gasteiger partial charge in [-0.05, 0) is 74.8 Å². The first-order chi connectivity index (χ1) is 21.7. The van der Waals surface area contributed by atoms with E-state index in [1.54, 1.807) is 46.8 Å². The molecule has 0 saturated carbocycles. The third-order valence-corrected chi connectivity index (χ3v) is 11.2. The van der Waals surface area contributed by atoms with E-state index in [2.05, 4.69) is 15.6 Å². The number of nitrogens with two attached hydrogens (primary N) is 1. The molecule has 9 nitrogen and oxygen atoms in total. The molecule has 5 rings (SSSR count). The van der Waals surface area contributed by atoms with Crippen LogP contribution in [0.15, 0.2) is 71.9 Å². The molecule has 0 radical (unpaired) electrons. The fourth-order valence-electron chi connectivity index (χ4n) is 6.63. The van der Waals surface area contributed by atoms with Crippen LogP contribution in [0.2, 0.25) is 5.02 Å². The molecule has 3 aromatic rings. The summed E-state index contributed by atoms with van der Waals surface area (Å²) in [6.45, 7) is 4.12. The smallest absolute Gasteiger partial charge is 0.243 e. The predicted octanol–water partition coefficient (Wildman–Crippen LogP) is 4.72. The van der Waals surface area contributed by atoms with E-state index in [4.69, 9.17) is 22.1 Å². The number of benzene rings is 2. The van der Waals surface area contributed by atoms with Crippen molar-refractivity contribution < 1.29 is 22.3 Å². The molecule has 2 fully saturated rings. The number of amides is 1. The molecule has 1 aromatic heterocycles. The summed E-state index contributed by atoms with van der Waals surface area (Å²) in [7, 11) is -3.72. The average Bonchev–Trinajstić information content (AvgIpc) is 3.04. The van der Waals surface area contributed by atoms with Crippen LogP contribution in [0.4, 0.5) is 10.1 Å². The zero-order chi connectivity index (χ0) is 32.0. The van der Waals surface area contributed by atoms with Gasteiger partial charge in [-0.3, -0.25) is 9.78 Å². The lowest BCUT2D eigenvalue weighted by Crippen LogP contribution is -2.58. The van der Waals surface area contributed by atoms with Crippen LogP contribution in [0.1, 0.15) is 49.7 Å². The number of piperazine rings is 1. The van der Waals surface area contributed by atoms with Crippen molar-refractivity contribution in [2.24, 2.45) is 11.7 Å². The fraction of sp³-hybridized carbons (Fsp3) is 0.455. The largest absolute Gasteiger partial charge is 0.381 e. The summed E-state index contributed by atoms with van der Waals surface area (Å²) in [5.41, 5.74) is 8.14. The highest BCUT2D eigenvalue weighted by Crippen LogP contribution is 2.35. The van der Waals surface area contributed by atoms with Gasteiger partial charge in [0, 0.05) is 54.9 Å². The molecule has 4 N–H and O–H groups in total. The van der Waals surface area contributed by atoms with Gasteiger partial charge in [-0.25, -0.2) is 12.8 Å². The number of hydrogen-bond donors (Lipinski definition) is 3. The minimum Gasteiger partial charge on any atom is -0.381 e. The number of halogens is 2. The van der Waals surface area contributed by atoms with Gasteiger partial charge >= 0.3 is 0 Å². The van der Waals surface area contributed by atoms with Gasteiger partial charge in [0.05, 0.1) is 29.0 Å². The molecule has 2 saturated heterocycles. The molecule has 2 aromatic carbocycles. The summed E-state index contributed by atoms with van der Waals surface area (Å²) >= 11 is 6.13. The highest BCUT2D eigenvalue weighted by molar-refractivity contribution is 7.89. The fourth-order valence-corrected chi connectivity index (χ4v) is 8.62. The Morgan fingerprint density at radius 1 is 1.13 bits per heavy atom. The number of nitrogens with zero attached hydrogens (tertiary/aromatic N) is 2. The van der Waals surface area contributed by atoms with Crippen LogP contribution in [0.5, 0.6) is 0 Å². The van der Waals surface area contributed by atoms with Crippen LogP contribution in [-0.4, -0.2) is 68.0 Å². The number of anilines is 1. The van der Waals surface area contributed by atoms with E-state index in [9.17, 15) is 13.2 Å². The summed E-state index contributed by atoms with van der Waals surface area (Å²) < 4.78 is 49.5. The maximum Gasteiger partial charge on any atom is 0.243 e. The van der Waals surface area contributed by atoms with E-state index in [0.29, 0.717) is 49.7 Å². The number of hydrogen-bond acceptors (Lipinski definition) is 7. The van der Waals surface area contributed by atoms with E-state index in [1.807, 2.05) is 19.1 Å². The monoisotopic (exact) mass is 657 g/mol. The van der Waals surface area contributed by atoms with Crippen molar-refractivity contribution in [2.45, 2.75) is 68.0 Å². The number of pyridine rings is 1. The Morgan fingerprint density at radius 3 is 2.56 bits per heavy atom. The van der Waals surface area contributed by atoms with Crippen LogP contribution >= 0.6 is 11.6 Å². The minimum absolute atomic E-state index is 0.132. The summed E-state index contributed by atoms with van der Waals surface area (Å²) in [6.07, 6.45) is 5.37. The molecule has 3 heterocycles. The second-order valence-corrected chi connectivity index (χ2v) is 14.2. The maximum absolute atomic E-state index is 15.2. The number of ether oxygens (including phenoxy) is 1. The van der Waals surface area contributed by atoms with Crippen molar-refractivity contribution in [3.05, 3.63) is 89.0 Å². The number of aromatic nitrogens is 1. The van der Waals surface area contributed by atoms with Gasteiger partial charge in [-0.2, -0.15) is 4.31 Å². The van der Waals surface area contributed by atoms with Crippen molar-refractivity contribution in [1.82, 2.24) is 14.6 Å². The highest BCUT2D eigenvalue weighted by atomic mass is 35.5. The maximum atomic E-state index is 15.2. The van der Waals surface area contributed by atoms with Crippen LogP contribution in [0.25, 0.3) is 0 Å². The molecule has 0 aliphatic carbocycles. The standard InChI is InChI=1S/C33H41ClFN5O4S/c1-22-18-37-19-26(40(22)45(42,43)27-7-3-2-4-8-27)6-5-9-28-29(35)20-38-21-30(28)39-33(41)32(36)31(24-14-16-44-17-15-24)23-10-12-25(34)13-11-23/h2-4,7-8,10-13,20-22,24,26,31-32,37H,5-6,9,14-19,36H2,1H3,(H,39,41)/t22-,26+,31+,32+/m1/s1. The quantitative estimate of drug-likeness (QED) is 0.272. The Balaban J connectivity index is 1.30. The first-order valence-corrected chi connectivity index (χ1v) is 17.3. The normalized spacial score (nSPS) is 21.2. The third-order valence-electron chi connectivity index (χ3n) is 8.88. The van der Waals surface area contributed by atoms with E-state index < -0.39 is 27.8 Å². The number of carbonyl (C=O) groups is 1. The molecule has 45 heavy (non-hydrogen) atoms. The van der Waals surface area contributed by atoms with Gasteiger partial charge < -0.3 is 21.1 Å². The van der Waals surface area contributed by atoms with Gasteiger partial charge in [0.1, 0.15) is 5.82 Å². The Labute approximate surface area is 269 Å². The van der Waals surface area contributed by atoms with Gasteiger partial charge in [-0.1, -0.05) is 41.9 Å². The van der Waals surface area contributed by atoms with Crippen LogP contribution in [0.3, 0.4) is 0 Å². The zero-order valence-corrected chi connectivity index (χ0v) is 26.9. The Bertz CT molecular complexity index is 1540. The zero-order valence-electron chi connectivity index (χ0n) is 25.4. The van der Waals surface area contributed by atoms with Gasteiger partial charge in [0.2, 0.25) is 15.9 Å². The topological polar surface area (TPSA) is 127 Å². The van der Waals surface area contributed by atoms with Gasteiger partial charge in [-0.15, -0.1) is 0 Å². The second-order valence-electron chi connectivity index (χ2n) is 11.9. The second kappa shape index (κ2) is 15.1. The van der Waals surface area contributed by atoms with E-state index in [0.717, 1.165) is 24.6 Å². The molecule has 2 aliphatic rings. The third kappa shape index (κ3) is 7.90. The Hall–Kier alpha value is -2.93. The molecule has 242 valence electrons. The molecular formula is C33H41ClFN5O4S. The highest BCUT2D eigenvalue weighted by Gasteiger charge is 2.38. The lowest BCUT2D eigenvalue weighted by molar-refractivity contribution is -0.118. The summed E-state index contributed by atoms with van der Waals surface area (Å²) in [5, 5.41) is 6.78. The van der Waals surface area contributed by atoms with E-state index >= 15 is 4.39 Å². The van der Waals surface area contributed by atoms with Crippen LogP contribution in [-0.2, 0) is 26.0 Å². The van der Waals surface area contributed by atoms with E-state index in [1.165, 1.54) is 6.20 Å². The predicted molar refractivity (Wildman–Crippen MR) is 173 cm³/mol. The molecule has 0 spiro atoms. The first-order valence-electron chi connectivity index (χ1n) is 15.5. The van der Waals surface area contributed by atoms with Crippen LogP contribution < -0.4 is 16.4 Å². The molecule has 0 unspecified atom stereocenters. The average molecular weight is 658 g/mol. The van der Waals surface area contributed by atoms with E-state index in [-0.39, 0.29) is 40.9 Å². The first kappa shape index (κ1) is 33.4. The van der Waals surface area contributed by atoms with Crippen molar-refractivity contribution in [2.75, 3.05) is 31.6 Å². The molecule has 2 aliphatic heterocycles. The van der Waals surface area contributed by atoms with Gasteiger partial charge in [0.15, 0.2) is 0 Å². The summed E-state index contributed by atoms with van der Waals surface area (Å²) in [5.74, 6) is -1.12. The lowest BCUT2D eigenvalue weighted by atomic mass is 9.76. The number of carbonyl (C=O) groups excluding carboxylic acids is 1. The van der Waals surface area contributed by atoms with Crippen molar-refractivity contribution >= 4 is 33.2 Å². The molecule has 4 atom stereocenters. The van der Waals surface area contributed by atoms with Gasteiger partial charge in [0.25, 0.3) is 0 Å². The summed E-state index contributed by atoms with van der Waals surface area (Å²) in [6, 6.07) is 14.3.